The van der Waals surface area contributed by atoms with Gasteiger partial charge in [-0.2, -0.15) is 4.98 Å². The molecule has 2 amide bonds. The van der Waals surface area contributed by atoms with Crippen LogP contribution in [-0.4, -0.2) is 115 Å². The SMILES string of the molecule is CCOc1nc2[nH]cc(F)c2cc1Oc1cc(N2CCC3(CC2)CC(N2CCN(C(C)=O)C[C@H]2c2ccccc2C(C)C)C3)ccc1C(=O)NS(=O)(=O)c1cnc(NCC2CCC(C)(O)CC2)c([NH+](C)[O-])c1. The number of carbonyl (C=O) groups excluding carboxylic acids is 2. The summed E-state index contributed by atoms with van der Waals surface area (Å²) in [7, 11) is -3.28. The Balaban J connectivity index is 0.938. The van der Waals surface area contributed by atoms with Gasteiger partial charge < -0.3 is 45.0 Å². The number of anilines is 2. The predicted molar refractivity (Wildman–Crippen MR) is 273 cm³/mol. The molecule has 5 aromatic rings. The van der Waals surface area contributed by atoms with Gasteiger partial charge >= 0.3 is 0 Å². The Morgan fingerprint density at radius 3 is 2.46 bits per heavy atom. The first-order chi connectivity index (χ1) is 34.3. The zero-order valence-electron chi connectivity index (χ0n) is 42.1. The number of nitrogens with zero attached hydrogens (tertiary/aromatic N) is 5. The van der Waals surface area contributed by atoms with Crippen molar-refractivity contribution < 1.29 is 42.0 Å². The lowest BCUT2D eigenvalue weighted by atomic mass is 9.59. The second-order valence-electron chi connectivity index (χ2n) is 21.0. The molecule has 2 saturated heterocycles. The van der Waals surface area contributed by atoms with Crippen LogP contribution < -0.4 is 29.5 Å². The van der Waals surface area contributed by atoms with Crippen LogP contribution >= 0.6 is 0 Å². The van der Waals surface area contributed by atoms with Gasteiger partial charge in [-0.25, -0.2) is 22.5 Å². The number of pyridine rings is 2. The number of fused-ring (bicyclic) bond motifs is 1. The molecule has 2 atom stereocenters. The standard InChI is InChI=1S/C53H68FN9O8S/c1-7-70-51-47(26-42-43(54)31-57-48(42)58-51)71-46-24-36(12-13-41(46)50(65)59-72(68,69)38-25-44(60(6)67)49(56-30-38)55-29-35-14-16-52(5,66)17-15-35)61-20-18-53(19-21-61)27-37(28-53)63-23-22-62(34(4)64)32-45(63)40-11-9-8-10-39(40)33(2)3/h8-13,24-26,30-31,33,35,37,45,60,66H,7,14-23,27-29,32H2,1-6H3,(H,55,56)(H,57,58)(H,59,65)/t35?,45-,52?/m0/s1. The molecule has 3 aromatic heterocycles. The first-order valence-corrected chi connectivity index (χ1v) is 26.8. The molecule has 5 N–H and O–H groups in total. The molecule has 2 aromatic carbocycles. The number of quaternary nitrogens is 1. The van der Waals surface area contributed by atoms with Crippen molar-refractivity contribution in [1.82, 2.24) is 29.5 Å². The highest BCUT2D eigenvalue weighted by Gasteiger charge is 2.50. The van der Waals surface area contributed by atoms with E-state index < -0.39 is 32.4 Å². The Hall–Kier alpha value is -5.86. The highest BCUT2D eigenvalue weighted by atomic mass is 32.2. The van der Waals surface area contributed by atoms with E-state index >= 15 is 0 Å². The van der Waals surface area contributed by atoms with Gasteiger partial charge in [0.1, 0.15) is 22.1 Å². The topological polar surface area (TPSA) is 210 Å². The molecule has 72 heavy (non-hydrogen) atoms. The molecule has 5 heterocycles. The lowest BCUT2D eigenvalue weighted by Crippen LogP contribution is -2.98. The number of benzene rings is 2. The second-order valence-corrected chi connectivity index (χ2v) is 22.7. The summed E-state index contributed by atoms with van der Waals surface area (Å²) >= 11 is 0. The molecular formula is C53H68FN9O8S. The van der Waals surface area contributed by atoms with Gasteiger partial charge in [-0.15, -0.1) is 0 Å². The summed E-state index contributed by atoms with van der Waals surface area (Å²) in [6, 6.07) is 16.7. The number of hydrogen-bond donors (Lipinski definition) is 5. The minimum atomic E-state index is -4.59. The number of hydroxylamine groups is 1. The summed E-state index contributed by atoms with van der Waals surface area (Å²) in [5.41, 5.74) is 2.98. The second kappa shape index (κ2) is 20.6. The third kappa shape index (κ3) is 10.8. The van der Waals surface area contributed by atoms with Crippen LogP contribution in [0.1, 0.15) is 119 Å². The Morgan fingerprint density at radius 2 is 1.76 bits per heavy atom. The quantitative estimate of drug-likeness (QED) is 0.0660. The number of aliphatic hydroxyl groups is 1. The molecule has 1 unspecified atom stereocenters. The largest absolute Gasteiger partial charge is 0.629 e. The number of piperidine rings is 1. The molecule has 9 rings (SSSR count). The molecule has 0 radical (unpaired) electrons. The van der Waals surface area contributed by atoms with Gasteiger partial charge in [0.05, 0.1) is 42.4 Å². The predicted octanol–water partition coefficient (Wildman–Crippen LogP) is 7.18. The first-order valence-electron chi connectivity index (χ1n) is 25.3. The Bertz CT molecular complexity index is 2900. The van der Waals surface area contributed by atoms with Crippen LogP contribution in [0, 0.1) is 22.4 Å². The maximum absolute atomic E-state index is 15.0. The number of halogens is 1. The fourth-order valence-corrected chi connectivity index (χ4v) is 12.3. The molecular weight excluding hydrogens is 942 g/mol. The van der Waals surface area contributed by atoms with Gasteiger partial charge in [-0.1, -0.05) is 38.1 Å². The minimum Gasteiger partial charge on any atom is -0.629 e. The first kappa shape index (κ1) is 51.1. The van der Waals surface area contributed by atoms with E-state index in [0.717, 1.165) is 70.0 Å². The number of amides is 2. The molecule has 19 heteroatoms. The number of sulfonamides is 1. The Kier molecular flexibility index (Phi) is 14.6. The summed E-state index contributed by atoms with van der Waals surface area (Å²) in [4.78, 5) is 44.9. The van der Waals surface area contributed by atoms with Gasteiger partial charge in [0.15, 0.2) is 17.3 Å². The van der Waals surface area contributed by atoms with Crippen LogP contribution in [0.25, 0.3) is 11.0 Å². The minimum absolute atomic E-state index is 0.00834. The third-order valence-corrected chi connectivity index (χ3v) is 16.9. The maximum Gasteiger partial charge on any atom is 0.268 e. The van der Waals surface area contributed by atoms with E-state index in [4.69, 9.17) is 9.47 Å². The average molecular weight is 1010 g/mol. The van der Waals surface area contributed by atoms with Gasteiger partial charge in [-0.3, -0.25) is 14.5 Å². The van der Waals surface area contributed by atoms with Crippen molar-refractivity contribution in [2.45, 2.75) is 114 Å². The van der Waals surface area contributed by atoms with Crippen molar-refractivity contribution >= 4 is 50.1 Å². The summed E-state index contributed by atoms with van der Waals surface area (Å²) in [5.74, 6) is -0.594. The zero-order chi connectivity index (χ0) is 51.1. The molecule has 2 saturated carbocycles. The average Bonchev–Trinajstić information content (AvgIpc) is 3.70. The lowest BCUT2D eigenvalue weighted by molar-refractivity contribution is -0.751. The van der Waals surface area contributed by atoms with Crippen molar-refractivity contribution in [2.75, 3.05) is 63.1 Å². The maximum atomic E-state index is 15.0. The van der Waals surface area contributed by atoms with Crippen molar-refractivity contribution in [3.05, 3.63) is 94.7 Å². The monoisotopic (exact) mass is 1010 g/mol. The number of rotatable bonds is 15. The smallest absolute Gasteiger partial charge is 0.268 e. The molecule has 4 aliphatic rings. The number of aromatic nitrogens is 3. The number of H-pyrrole nitrogens is 1. The molecule has 1 spiro atoms. The van der Waals surface area contributed by atoms with Crippen LogP contribution in [0.15, 0.2) is 71.9 Å². The molecule has 17 nitrogen and oxygen atoms in total. The zero-order valence-corrected chi connectivity index (χ0v) is 42.9. The Labute approximate surface area is 421 Å². The number of hydrogen-bond acceptors (Lipinski definition) is 13. The van der Waals surface area contributed by atoms with E-state index in [1.807, 2.05) is 11.8 Å². The van der Waals surface area contributed by atoms with E-state index in [-0.39, 0.29) is 80.3 Å². The summed E-state index contributed by atoms with van der Waals surface area (Å²) < 4.78 is 57.3. The summed E-state index contributed by atoms with van der Waals surface area (Å²) in [6.07, 6.45) is 9.17. The number of nitrogens with one attached hydrogen (secondary N) is 4. The van der Waals surface area contributed by atoms with Crippen molar-refractivity contribution in [3.63, 3.8) is 0 Å². The van der Waals surface area contributed by atoms with E-state index in [0.29, 0.717) is 44.4 Å². The van der Waals surface area contributed by atoms with Crippen molar-refractivity contribution in [2.24, 2.45) is 11.3 Å². The normalized spacial score (nSPS) is 22.2. The highest BCUT2D eigenvalue weighted by molar-refractivity contribution is 7.90. The molecule has 2 aliphatic heterocycles. The van der Waals surface area contributed by atoms with E-state index in [1.54, 1.807) is 26.0 Å². The van der Waals surface area contributed by atoms with Crippen LogP contribution in [-0.2, 0) is 14.8 Å². The number of ether oxygens (including phenoxy) is 2. The molecule has 386 valence electrons. The number of carbonyl (C=O) groups is 2. The van der Waals surface area contributed by atoms with Crippen molar-refractivity contribution in [1.29, 1.82) is 0 Å². The van der Waals surface area contributed by atoms with Gasteiger partial charge in [0.2, 0.25) is 5.91 Å². The van der Waals surface area contributed by atoms with Gasteiger partial charge in [0, 0.05) is 82.3 Å². The number of aromatic amines is 1. The van der Waals surface area contributed by atoms with Crippen LogP contribution in [0.3, 0.4) is 0 Å². The van der Waals surface area contributed by atoms with Gasteiger partial charge in [0.25, 0.3) is 21.8 Å². The molecule has 4 fully saturated rings. The molecule has 0 bridgehead atoms. The number of piperazine rings is 1. The van der Waals surface area contributed by atoms with E-state index in [1.165, 1.54) is 42.6 Å². The van der Waals surface area contributed by atoms with E-state index in [2.05, 4.69) is 72.9 Å². The fraction of sp³-hybridized carbons (Fsp3) is 0.509. The van der Waals surface area contributed by atoms with Crippen LogP contribution in [0.5, 0.6) is 17.4 Å². The van der Waals surface area contributed by atoms with Crippen molar-refractivity contribution in [3.8, 4) is 17.4 Å². The van der Waals surface area contributed by atoms with Gasteiger partial charge in [-0.05, 0) is 106 Å². The third-order valence-electron chi connectivity index (χ3n) is 15.6. The van der Waals surface area contributed by atoms with E-state index in [9.17, 15) is 32.7 Å². The lowest BCUT2D eigenvalue weighted by Gasteiger charge is -2.58. The molecule has 2 aliphatic carbocycles. The summed E-state index contributed by atoms with van der Waals surface area (Å²) in [6.45, 7) is 14.1. The Morgan fingerprint density at radius 1 is 1.03 bits per heavy atom. The van der Waals surface area contributed by atoms with Crippen LogP contribution in [0.2, 0.25) is 0 Å². The fourth-order valence-electron chi connectivity index (χ4n) is 11.3. The highest BCUT2D eigenvalue weighted by Crippen LogP contribution is 2.53. The van der Waals surface area contributed by atoms with Crippen LogP contribution in [0.4, 0.5) is 21.6 Å². The summed E-state index contributed by atoms with van der Waals surface area (Å²) in [5, 5.41) is 26.1.